The van der Waals surface area contributed by atoms with E-state index in [9.17, 15) is 14.4 Å². The van der Waals surface area contributed by atoms with Gasteiger partial charge in [0.1, 0.15) is 0 Å². The number of fused-ring (bicyclic) bond motifs is 1. The highest BCUT2D eigenvalue weighted by molar-refractivity contribution is 7.13. The Bertz CT molecular complexity index is 1370. The van der Waals surface area contributed by atoms with Crippen molar-refractivity contribution in [3.05, 3.63) is 64.7 Å². The zero-order chi connectivity index (χ0) is 24.4. The smallest absolute Gasteiger partial charge is 0.339 e. The summed E-state index contributed by atoms with van der Waals surface area (Å²) in [4.78, 5) is 43.1. The van der Waals surface area contributed by atoms with Gasteiger partial charge in [-0.05, 0) is 48.7 Å². The van der Waals surface area contributed by atoms with Crippen molar-refractivity contribution < 1.29 is 19.1 Å². The summed E-state index contributed by atoms with van der Waals surface area (Å²) >= 11 is 1.51. The lowest BCUT2D eigenvalue weighted by Crippen LogP contribution is -2.18. The molecule has 9 heteroatoms. The van der Waals surface area contributed by atoms with Gasteiger partial charge in [-0.15, -0.1) is 11.3 Å². The molecule has 4 aromatic rings. The van der Waals surface area contributed by atoms with Crippen molar-refractivity contribution in [1.82, 2.24) is 14.8 Å². The van der Waals surface area contributed by atoms with E-state index in [0.29, 0.717) is 39.2 Å². The zero-order valence-electron chi connectivity index (χ0n) is 19.3. The van der Waals surface area contributed by atoms with Crippen molar-refractivity contribution in [1.29, 1.82) is 0 Å². The maximum atomic E-state index is 13.0. The summed E-state index contributed by atoms with van der Waals surface area (Å²) in [7, 11) is 1.77. The van der Waals surface area contributed by atoms with E-state index in [4.69, 9.17) is 4.74 Å². The number of pyridine rings is 1. The first-order valence-corrected chi connectivity index (χ1v) is 11.6. The summed E-state index contributed by atoms with van der Waals surface area (Å²) in [6.07, 6.45) is 0. The number of Topliss-reactive ketones (excluding diaryl/α,β-unsaturated/α-hetero) is 1. The molecule has 8 nitrogen and oxygen atoms in total. The number of carbonyl (C=O) groups excluding carboxylic acids is 3. The number of esters is 1. The third kappa shape index (κ3) is 4.74. The number of ketones is 1. The lowest BCUT2D eigenvalue weighted by Gasteiger charge is -2.09. The minimum atomic E-state index is -0.615. The Morgan fingerprint density at radius 3 is 2.53 bits per heavy atom. The van der Waals surface area contributed by atoms with Crippen LogP contribution in [0.2, 0.25) is 0 Å². The molecule has 0 unspecified atom stereocenters. The van der Waals surface area contributed by atoms with Gasteiger partial charge < -0.3 is 10.1 Å². The first kappa shape index (κ1) is 23.3. The molecule has 0 bridgehead atoms. The molecule has 1 aromatic carbocycles. The van der Waals surface area contributed by atoms with Gasteiger partial charge in [0, 0.05) is 24.2 Å². The van der Waals surface area contributed by atoms with Gasteiger partial charge in [-0.2, -0.15) is 5.10 Å². The number of amides is 1. The summed E-state index contributed by atoms with van der Waals surface area (Å²) < 4.78 is 7.02. The third-order valence-corrected chi connectivity index (χ3v) is 6.19. The van der Waals surface area contributed by atoms with Gasteiger partial charge in [0.25, 0.3) is 0 Å². The fourth-order valence-electron chi connectivity index (χ4n) is 3.47. The highest BCUT2D eigenvalue weighted by atomic mass is 32.1. The van der Waals surface area contributed by atoms with E-state index >= 15 is 0 Å². The van der Waals surface area contributed by atoms with E-state index in [1.54, 1.807) is 62.8 Å². The summed E-state index contributed by atoms with van der Waals surface area (Å²) in [5.74, 6) is -1.22. The molecule has 34 heavy (non-hydrogen) atoms. The molecule has 1 N–H and O–H groups in total. The van der Waals surface area contributed by atoms with Crippen LogP contribution in [0, 0.1) is 12.8 Å². The van der Waals surface area contributed by atoms with Crippen molar-refractivity contribution >= 4 is 45.7 Å². The number of hydrogen-bond acceptors (Lipinski definition) is 7. The van der Waals surface area contributed by atoms with E-state index in [-0.39, 0.29) is 17.6 Å². The topological polar surface area (TPSA) is 103 Å². The van der Waals surface area contributed by atoms with Crippen LogP contribution in [0.5, 0.6) is 0 Å². The van der Waals surface area contributed by atoms with Crippen LogP contribution in [0.15, 0.2) is 47.8 Å². The van der Waals surface area contributed by atoms with Gasteiger partial charge in [0.2, 0.25) is 5.91 Å². The quantitative estimate of drug-likeness (QED) is 0.308. The molecule has 1 amide bonds. The second kappa shape index (κ2) is 9.56. The molecule has 0 aliphatic rings. The molecular weight excluding hydrogens is 452 g/mol. The van der Waals surface area contributed by atoms with Gasteiger partial charge in [-0.3, -0.25) is 14.3 Å². The zero-order valence-corrected chi connectivity index (χ0v) is 20.1. The molecule has 0 aliphatic carbocycles. The second-order valence-corrected chi connectivity index (χ2v) is 9.11. The van der Waals surface area contributed by atoms with Crippen molar-refractivity contribution in [2.75, 3.05) is 11.9 Å². The lowest BCUT2D eigenvalue weighted by atomic mass is 10.1. The van der Waals surface area contributed by atoms with Crippen molar-refractivity contribution in [2.24, 2.45) is 13.0 Å². The molecule has 3 heterocycles. The molecule has 4 rings (SSSR count). The van der Waals surface area contributed by atoms with Gasteiger partial charge in [-0.1, -0.05) is 19.9 Å². The Hall–Kier alpha value is -3.85. The summed E-state index contributed by atoms with van der Waals surface area (Å²) in [6.45, 7) is 4.99. The average molecular weight is 477 g/mol. The van der Waals surface area contributed by atoms with Crippen LogP contribution in [-0.2, 0) is 16.6 Å². The molecule has 0 spiro atoms. The lowest BCUT2D eigenvalue weighted by molar-refractivity contribution is -0.118. The largest absolute Gasteiger partial charge is 0.454 e. The standard InChI is InChI=1S/C25H24N4O4S/c1-14(2)24(31)26-17-9-7-16(8-10-17)20(30)13-33-25(32)18-12-19(21-6-5-11-34-21)27-23-22(18)15(3)28-29(23)4/h5-12,14H,13H2,1-4H3,(H,26,31). The van der Waals surface area contributed by atoms with Crippen LogP contribution in [0.25, 0.3) is 21.6 Å². The van der Waals surface area contributed by atoms with Crippen LogP contribution in [-0.4, -0.2) is 39.0 Å². The number of carbonyl (C=O) groups is 3. The number of nitrogens with zero attached hydrogens (tertiary/aromatic N) is 3. The number of aromatic nitrogens is 3. The van der Waals surface area contributed by atoms with E-state index in [1.165, 1.54) is 11.3 Å². The molecule has 0 saturated heterocycles. The predicted molar refractivity (Wildman–Crippen MR) is 131 cm³/mol. The number of nitrogens with one attached hydrogen (secondary N) is 1. The minimum Gasteiger partial charge on any atom is -0.454 e. The van der Waals surface area contributed by atoms with Crippen LogP contribution in [0.4, 0.5) is 5.69 Å². The van der Waals surface area contributed by atoms with Crippen LogP contribution >= 0.6 is 11.3 Å². The van der Waals surface area contributed by atoms with E-state index < -0.39 is 12.6 Å². The number of ether oxygens (including phenoxy) is 1. The predicted octanol–water partition coefficient (Wildman–Crippen LogP) is 4.64. The summed E-state index contributed by atoms with van der Waals surface area (Å²) in [6, 6.07) is 12.0. The number of hydrogen-bond donors (Lipinski definition) is 1. The molecule has 0 aliphatic heterocycles. The highest BCUT2D eigenvalue weighted by Crippen LogP contribution is 2.29. The number of anilines is 1. The maximum Gasteiger partial charge on any atom is 0.339 e. The molecule has 0 radical (unpaired) electrons. The Balaban J connectivity index is 1.52. The number of benzene rings is 1. The Morgan fingerprint density at radius 1 is 1.15 bits per heavy atom. The Morgan fingerprint density at radius 2 is 1.88 bits per heavy atom. The van der Waals surface area contributed by atoms with Crippen LogP contribution in [0.3, 0.4) is 0 Å². The van der Waals surface area contributed by atoms with E-state index in [2.05, 4.69) is 15.4 Å². The van der Waals surface area contributed by atoms with E-state index in [1.807, 2.05) is 17.5 Å². The number of aryl methyl sites for hydroxylation is 2. The average Bonchev–Trinajstić information content (AvgIpc) is 3.45. The number of rotatable bonds is 7. The van der Waals surface area contributed by atoms with E-state index in [0.717, 1.165) is 4.88 Å². The van der Waals surface area contributed by atoms with Gasteiger partial charge in [0.05, 0.1) is 27.2 Å². The first-order chi connectivity index (χ1) is 16.2. The van der Waals surface area contributed by atoms with Crippen molar-refractivity contribution in [3.8, 4) is 10.6 Å². The van der Waals surface area contributed by atoms with Gasteiger partial charge in [0.15, 0.2) is 18.0 Å². The first-order valence-electron chi connectivity index (χ1n) is 10.7. The van der Waals surface area contributed by atoms with Crippen LogP contribution in [0.1, 0.15) is 40.3 Å². The third-order valence-electron chi connectivity index (χ3n) is 5.30. The summed E-state index contributed by atoms with van der Waals surface area (Å²) in [5.41, 5.74) is 3.16. The molecule has 3 aromatic heterocycles. The van der Waals surface area contributed by atoms with Crippen molar-refractivity contribution in [3.63, 3.8) is 0 Å². The van der Waals surface area contributed by atoms with Gasteiger partial charge >= 0.3 is 5.97 Å². The Kier molecular flexibility index (Phi) is 6.56. The number of thiophene rings is 1. The molecule has 0 fully saturated rings. The van der Waals surface area contributed by atoms with Crippen LogP contribution < -0.4 is 5.32 Å². The fraction of sp³-hybridized carbons (Fsp3) is 0.240. The monoisotopic (exact) mass is 476 g/mol. The highest BCUT2D eigenvalue weighted by Gasteiger charge is 2.21. The molecule has 0 saturated carbocycles. The second-order valence-electron chi connectivity index (χ2n) is 8.16. The van der Waals surface area contributed by atoms with Crippen molar-refractivity contribution in [2.45, 2.75) is 20.8 Å². The normalized spacial score (nSPS) is 11.1. The molecule has 0 atom stereocenters. The fourth-order valence-corrected chi connectivity index (χ4v) is 4.16. The van der Waals surface area contributed by atoms with Gasteiger partial charge in [-0.25, -0.2) is 9.78 Å². The summed E-state index contributed by atoms with van der Waals surface area (Å²) in [5, 5.41) is 9.70. The maximum absolute atomic E-state index is 13.0. The SMILES string of the molecule is Cc1nn(C)c2nc(-c3cccs3)cc(C(=O)OCC(=O)c3ccc(NC(=O)C(C)C)cc3)c12. The molecule has 174 valence electrons. The Labute approximate surface area is 200 Å². The molecular formula is C25H24N4O4S. The minimum absolute atomic E-state index is 0.107.